The number of para-hydroxylation sites is 1. The van der Waals surface area contributed by atoms with Gasteiger partial charge < -0.3 is 25.8 Å². The molecule has 2 aromatic rings. The number of aromatic nitrogens is 3. The molecule has 1 atom stereocenters. The summed E-state index contributed by atoms with van der Waals surface area (Å²) in [7, 11) is -1.33. The molecule has 0 unspecified atom stereocenters. The molecule has 136 valence electrons. The Kier molecular flexibility index (Phi) is 5.19. The van der Waals surface area contributed by atoms with Gasteiger partial charge in [-0.2, -0.15) is 0 Å². The number of carbonyl (C=O) groups is 2. The minimum Gasteiger partial charge on any atom is -0.534 e. The van der Waals surface area contributed by atoms with Crippen molar-refractivity contribution in [1.29, 1.82) is 0 Å². The van der Waals surface area contributed by atoms with E-state index in [1.807, 2.05) is 0 Å². The van der Waals surface area contributed by atoms with Crippen molar-refractivity contribution < 1.29 is 24.4 Å². The van der Waals surface area contributed by atoms with Gasteiger partial charge in [-0.25, -0.2) is 4.79 Å². The molecule has 11 heteroatoms. The number of nitrogens with one attached hydrogen (secondary N) is 1. The summed E-state index contributed by atoms with van der Waals surface area (Å²) in [5, 5.41) is 29.7. The lowest BCUT2D eigenvalue weighted by molar-refractivity contribution is -0.121. The molecule has 0 saturated heterocycles. The normalized spacial score (nSPS) is 15.9. The van der Waals surface area contributed by atoms with E-state index in [0.29, 0.717) is 17.8 Å². The standard InChI is InChI=1S/C15H18BN5O5/c17-7-10-8-21(20-19-10)5-4-13(22)18-12-6-9-2-1-3-11(15(23)24)14(9)26-16(12)25/h1-3,8,12,25H,4-7,17H2,(H,18,22)(H,23,24)/t12-/m0/s1. The van der Waals surface area contributed by atoms with Crippen molar-refractivity contribution in [2.24, 2.45) is 5.73 Å². The summed E-state index contributed by atoms with van der Waals surface area (Å²) in [5.41, 5.74) is 6.68. The molecule has 0 saturated carbocycles. The third-order valence-electron chi connectivity index (χ3n) is 4.06. The third-order valence-corrected chi connectivity index (χ3v) is 4.06. The van der Waals surface area contributed by atoms with Crippen LogP contribution in [0.1, 0.15) is 28.0 Å². The minimum atomic E-state index is -1.33. The lowest BCUT2D eigenvalue weighted by Gasteiger charge is -2.28. The summed E-state index contributed by atoms with van der Waals surface area (Å²) < 4.78 is 6.85. The molecule has 5 N–H and O–H groups in total. The number of rotatable bonds is 6. The first-order valence-electron chi connectivity index (χ1n) is 8.06. The molecule has 10 nitrogen and oxygen atoms in total. The number of hydrogen-bond acceptors (Lipinski definition) is 7. The number of carboxylic acid groups (broad SMARTS) is 1. The van der Waals surface area contributed by atoms with E-state index in [2.05, 4.69) is 15.6 Å². The van der Waals surface area contributed by atoms with Crippen LogP contribution in [0.15, 0.2) is 24.4 Å². The van der Waals surface area contributed by atoms with Crippen molar-refractivity contribution in [1.82, 2.24) is 20.3 Å². The number of hydrogen-bond donors (Lipinski definition) is 4. The Morgan fingerprint density at radius 2 is 2.27 bits per heavy atom. The third kappa shape index (κ3) is 3.84. The summed E-state index contributed by atoms with van der Waals surface area (Å²) in [4.78, 5) is 23.4. The van der Waals surface area contributed by atoms with Crippen LogP contribution < -0.4 is 15.7 Å². The second kappa shape index (κ2) is 7.54. The number of carbonyl (C=O) groups excluding carboxylic acids is 1. The molecular formula is C15H18BN5O5. The van der Waals surface area contributed by atoms with Gasteiger partial charge in [-0.1, -0.05) is 17.3 Å². The van der Waals surface area contributed by atoms with Crippen molar-refractivity contribution >= 4 is 19.0 Å². The molecule has 0 spiro atoms. The number of fused-ring (bicyclic) bond motifs is 1. The Bertz CT molecular complexity index is 827. The predicted molar refractivity (Wildman–Crippen MR) is 90.2 cm³/mol. The predicted octanol–water partition coefficient (Wildman–Crippen LogP) is -1.04. The van der Waals surface area contributed by atoms with Gasteiger partial charge in [0.1, 0.15) is 5.75 Å². The summed E-state index contributed by atoms with van der Waals surface area (Å²) in [6.07, 6.45) is 2.07. The second-order valence-corrected chi connectivity index (χ2v) is 5.91. The molecule has 0 bridgehead atoms. The first-order chi connectivity index (χ1) is 12.5. The van der Waals surface area contributed by atoms with Gasteiger partial charge in [-0.3, -0.25) is 9.48 Å². The van der Waals surface area contributed by atoms with Gasteiger partial charge in [0, 0.05) is 19.2 Å². The molecule has 1 aliphatic rings. The van der Waals surface area contributed by atoms with Crippen LogP contribution >= 0.6 is 0 Å². The number of amides is 1. The highest BCUT2D eigenvalue weighted by Gasteiger charge is 2.37. The van der Waals surface area contributed by atoms with Crippen LogP contribution in [-0.4, -0.2) is 50.1 Å². The largest absolute Gasteiger partial charge is 0.547 e. The summed E-state index contributed by atoms with van der Waals surface area (Å²) in [6, 6.07) is 4.71. The second-order valence-electron chi connectivity index (χ2n) is 5.91. The fourth-order valence-corrected chi connectivity index (χ4v) is 2.75. The monoisotopic (exact) mass is 359 g/mol. The highest BCUT2D eigenvalue weighted by molar-refractivity contribution is 6.47. The van der Waals surface area contributed by atoms with Crippen LogP contribution in [0, 0.1) is 0 Å². The van der Waals surface area contributed by atoms with Crippen LogP contribution in [0.5, 0.6) is 5.75 Å². The molecule has 1 amide bonds. The minimum absolute atomic E-state index is 0.0202. The molecule has 1 aliphatic heterocycles. The van der Waals surface area contributed by atoms with Crippen LogP contribution in [0.3, 0.4) is 0 Å². The molecule has 1 aromatic heterocycles. The number of benzene rings is 1. The van der Waals surface area contributed by atoms with Gasteiger partial charge in [0.15, 0.2) is 0 Å². The van der Waals surface area contributed by atoms with Crippen molar-refractivity contribution in [3.63, 3.8) is 0 Å². The Morgan fingerprint density at radius 1 is 1.46 bits per heavy atom. The van der Waals surface area contributed by atoms with Crippen LogP contribution in [-0.2, 0) is 24.3 Å². The van der Waals surface area contributed by atoms with E-state index in [0.717, 1.165) is 0 Å². The zero-order chi connectivity index (χ0) is 18.7. The fraction of sp³-hybridized carbons (Fsp3) is 0.333. The highest BCUT2D eigenvalue weighted by atomic mass is 16.5. The molecule has 0 radical (unpaired) electrons. The number of nitrogens with zero attached hydrogens (tertiary/aromatic N) is 3. The van der Waals surface area contributed by atoms with E-state index < -0.39 is 19.0 Å². The zero-order valence-electron chi connectivity index (χ0n) is 13.8. The van der Waals surface area contributed by atoms with Crippen LogP contribution in [0.25, 0.3) is 0 Å². The van der Waals surface area contributed by atoms with Gasteiger partial charge >= 0.3 is 13.1 Å². The van der Waals surface area contributed by atoms with Crippen LogP contribution in [0.2, 0.25) is 0 Å². The molecule has 0 aliphatic carbocycles. The van der Waals surface area contributed by atoms with Gasteiger partial charge in [0.25, 0.3) is 0 Å². The van der Waals surface area contributed by atoms with Crippen molar-refractivity contribution in [2.75, 3.05) is 0 Å². The van der Waals surface area contributed by atoms with E-state index in [4.69, 9.17) is 10.4 Å². The molecule has 26 heavy (non-hydrogen) atoms. The lowest BCUT2D eigenvalue weighted by atomic mass is 9.72. The first kappa shape index (κ1) is 17.9. The molecule has 1 aromatic carbocycles. The Labute approximate surface area is 149 Å². The number of nitrogens with two attached hydrogens (primary N) is 1. The first-order valence-corrected chi connectivity index (χ1v) is 8.06. The SMILES string of the molecule is NCc1cn(CCC(=O)N[C@H]2Cc3cccc(C(=O)O)c3OB2O)nn1. The van der Waals surface area contributed by atoms with E-state index in [9.17, 15) is 19.7 Å². The van der Waals surface area contributed by atoms with Crippen molar-refractivity contribution in [3.8, 4) is 5.75 Å². The molecule has 0 fully saturated rings. The van der Waals surface area contributed by atoms with Gasteiger partial charge in [0.05, 0.1) is 23.7 Å². The number of carboxylic acids is 1. The maximum Gasteiger partial charge on any atom is 0.547 e. The molecule has 2 heterocycles. The van der Waals surface area contributed by atoms with Gasteiger partial charge in [-0.15, -0.1) is 5.10 Å². The average Bonchev–Trinajstić information content (AvgIpc) is 3.08. The smallest absolute Gasteiger partial charge is 0.534 e. The Hall–Kier alpha value is -2.92. The summed E-state index contributed by atoms with van der Waals surface area (Å²) in [5.74, 6) is -1.97. The van der Waals surface area contributed by atoms with Crippen molar-refractivity contribution in [2.45, 2.75) is 31.9 Å². The average molecular weight is 359 g/mol. The Balaban J connectivity index is 1.60. The van der Waals surface area contributed by atoms with E-state index in [1.54, 1.807) is 18.3 Å². The molecular weight excluding hydrogens is 341 g/mol. The summed E-state index contributed by atoms with van der Waals surface area (Å²) in [6.45, 7) is 0.595. The highest BCUT2D eigenvalue weighted by Crippen LogP contribution is 2.30. The topological polar surface area (TPSA) is 153 Å². The van der Waals surface area contributed by atoms with Crippen molar-refractivity contribution in [3.05, 3.63) is 41.2 Å². The maximum atomic E-state index is 12.1. The number of aromatic carboxylic acids is 1. The number of aryl methyl sites for hydroxylation is 1. The fourth-order valence-electron chi connectivity index (χ4n) is 2.75. The van der Waals surface area contributed by atoms with E-state index >= 15 is 0 Å². The molecule has 3 rings (SSSR count). The zero-order valence-corrected chi connectivity index (χ0v) is 13.8. The Morgan fingerprint density at radius 3 is 2.96 bits per heavy atom. The maximum absolute atomic E-state index is 12.1. The van der Waals surface area contributed by atoms with Gasteiger partial charge in [-0.05, 0) is 18.1 Å². The van der Waals surface area contributed by atoms with E-state index in [-0.39, 0.29) is 36.6 Å². The van der Waals surface area contributed by atoms with Gasteiger partial charge in [0.2, 0.25) is 5.91 Å². The summed E-state index contributed by atoms with van der Waals surface area (Å²) >= 11 is 0. The quantitative estimate of drug-likeness (QED) is 0.478. The lowest BCUT2D eigenvalue weighted by Crippen LogP contribution is -2.53. The van der Waals surface area contributed by atoms with Crippen LogP contribution in [0.4, 0.5) is 0 Å². The van der Waals surface area contributed by atoms with E-state index in [1.165, 1.54) is 10.7 Å².